The maximum absolute atomic E-state index is 11.5. The van der Waals surface area contributed by atoms with Crippen molar-refractivity contribution < 1.29 is 29.3 Å². The zero-order valence-electron chi connectivity index (χ0n) is 12.7. The Morgan fingerprint density at radius 3 is 2.76 bits per heavy atom. The summed E-state index contributed by atoms with van der Waals surface area (Å²) < 4.78 is 10.2. The minimum atomic E-state index is -1.31. The molecule has 0 unspecified atom stereocenters. The number of hydrogen-bond acceptors (Lipinski definition) is 6. The highest BCUT2D eigenvalue weighted by molar-refractivity contribution is 5.70. The Bertz CT molecular complexity index is 401. The van der Waals surface area contributed by atoms with E-state index >= 15 is 0 Å². The van der Waals surface area contributed by atoms with Crippen LogP contribution in [-0.4, -0.2) is 46.6 Å². The fourth-order valence-electron chi connectivity index (χ4n) is 2.08. The molecule has 0 spiro atoms. The Kier molecular flexibility index (Phi) is 6.36. The molecule has 0 amide bonds. The summed E-state index contributed by atoms with van der Waals surface area (Å²) in [6.45, 7) is 4.84. The van der Waals surface area contributed by atoms with E-state index in [1.54, 1.807) is 19.1 Å². The van der Waals surface area contributed by atoms with Crippen molar-refractivity contribution in [3.8, 4) is 0 Å². The number of hydrogen-bond donors (Lipinski definition) is 2. The van der Waals surface area contributed by atoms with Gasteiger partial charge in [-0.3, -0.25) is 9.59 Å². The molecule has 0 aliphatic carbocycles. The topological polar surface area (TPSA) is 93.1 Å². The minimum Gasteiger partial charge on any atom is -0.465 e. The van der Waals surface area contributed by atoms with Crippen LogP contribution in [0, 0.1) is 5.92 Å². The molecule has 0 saturated carbocycles. The van der Waals surface area contributed by atoms with Gasteiger partial charge < -0.3 is 19.7 Å². The first-order chi connectivity index (χ1) is 9.70. The molecule has 2 N–H and O–H groups in total. The third-order valence-electron chi connectivity index (χ3n) is 3.41. The molecular weight excluding hydrogens is 276 g/mol. The highest BCUT2D eigenvalue weighted by Crippen LogP contribution is 2.24. The molecule has 6 heteroatoms. The van der Waals surface area contributed by atoms with Gasteiger partial charge in [-0.2, -0.15) is 0 Å². The van der Waals surface area contributed by atoms with Crippen LogP contribution in [0.3, 0.4) is 0 Å². The van der Waals surface area contributed by atoms with Crippen LogP contribution in [0.15, 0.2) is 12.2 Å². The van der Waals surface area contributed by atoms with Gasteiger partial charge in [-0.05, 0) is 25.8 Å². The van der Waals surface area contributed by atoms with Crippen LogP contribution in [0.2, 0.25) is 0 Å². The van der Waals surface area contributed by atoms with E-state index in [2.05, 4.69) is 0 Å². The average molecular weight is 300 g/mol. The van der Waals surface area contributed by atoms with Gasteiger partial charge in [-0.25, -0.2) is 0 Å². The van der Waals surface area contributed by atoms with Gasteiger partial charge in [-0.15, -0.1) is 0 Å². The van der Waals surface area contributed by atoms with Gasteiger partial charge in [0.1, 0.15) is 11.7 Å². The van der Waals surface area contributed by atoms with E-state index in [9.17, 15) is 19.8 Å². The van der Waals surface area contributed by atoms with Gasteiger partial charge in [0.05, 0.1) is 19.1 Å². The summed E-state index contributed by atoms with van der Waals surface area (Å²) in [4.78, 5) is 22.7. The largest absolute Gasteiger partial charge is 0.465 e. The standard InChI is InChI=1S/C15H24O6/c1-10-4-5-13(21-11(2)16)15(3,19)7-6-12(17)8-14(18)20-9-10/h4-5,10,12-13,17,19H,6-9H2,1-3H3/b5-4+/t10-,12+,13-,15+/m1/s1. The van der Waals surface area contributed by atoms with Crippen molar-refractivity contribution in [1.29, 1.82) is 0 Å². The maximum Gasteiger partial charge on any atom is 0.308 e. The molecule has 0 fully saturated rings. The lowest BCUT2D eigenvalue weighted by atomic mass is 9.90. The molecule has 1 aliphatic heterocycles. The smallest absolute Gasteiger partial charge is 0.308 e. The molecule has 1 rings (SSSR count). The molecule has 4 atom stereocenters. The third-order valence-corrected chi connectivity index (χ3v) is 3.41. The lowest BCUT2D eigenvalue weighted by molar-refractivity contribution is -0.156. The number of rotatable bonds is 1. The molecule has 0 saturated heterocycles. The van der Waals surface area contributed by atoms with Crippen LogP contribution in [0.4, 0.5) is 0 Å². The zero-order chi connectivity index (χ0) is 16.0. The normalized spacial score (nSPS) is 36.8. The van der Waals surface area contributed by atoms with Crippen molar-refractivity contribution in [2.75, 3.05) is 6.61 Å². The van der Waals surface area contributed by atoms with Crippen LogP contribution in [-0.2, 0) is 19.1 Å². The molecule has 0 aromatic rings. The van der Waals surface area contributed by atoms with Crippen molar-refractivity contribution in [2.45, 2.75) is 57.8 Å². The van der Waals surface area contributed by atoms with E-state index in [1.165, 1.54) is 6.92 Å². The number of esters is 2. The van der Waals surface area contributed by atoms with Crippen LogP contribution in [0.1, 0.15) is 40.0 Å². The number of aliphatic hydroxyl groups is 2. The van der Waals surface area contributed by atoms with Crippen molar-refractivity contribution in [3.63, 3.8) is 0 Å². The number of carbonyl (C=O) groups is 2. The molecule has 0 aromatic heterocycles. The molecule has 21 heavy (non-hydrogen) atoms. The number of aliphatic hydroxyl groups excluding tert-OH is 1. The van der Waals surface area contributed by atoms with E-state index in [4.69, 9.17) is 9.47 Å². The van der Waals surface area contributed by atoms with E-state index in [0.29, 0.717) is 0 Å². The number of cyclic esters (lactones) is 1. The summed E-state index contributed by atoms with van der Waals surface area (Å²) in [5, 5.41) is 20.3. The first-order valence-electron chi connectivity index (χ1n) is 7.12. The number of ether oxygens (including phenoxy) is 2. The van der Waals surface area contributed by atoms with E-state index in [-0.39, 0.29) is 31.8 Å². The Labute approximate surface area is 124 Å². The number of carbonyl (C=O) groups excluding carboxylic acids is 2. The van der Waals surface area contributed by atoms with Crippen molar-refractivity contribution in [1.82, 2.24) is 0 Å². The van der Waals surface area contributed by atoms with Crippen molar-refractivity contribution in [2.24, 2.45) is 5.92 Å². The van der Waals surface area contributed by atoms with Crippen molar-refractivity contribution >= 4 is 11.9 Å². The molecule has 0 aromatic carbocycles. The summed E-state index contributed by atoms with van der Waals surface area (Å²) in [5.74, 6) is -1.03. The molecular formula is C15H24O6. The lowest BCUT2D eigenvalue weighted by Gasteiger charge is -2.31. The molecule has 1 aliphatic rings. The molecule has 6 nitrogen and oxygen atoms in total. The summed E-state index contributed by atoms with van der Waals surface area (Å²) in [6, 6.07) is 0. The SMILES string of the molecule is CC(=O)O[C@@H]1/C=C/[C@@H](C)COC(=O)C[C@@H](O)CC[C@]1(C)O. The Morgan fingerprint density at radius 1 is 1.48 bits per heavy atom. The van der Waals surface area contributed by atoms with Gasteiger partial charge >= 0.3 is 11.9 Å². The Morgan fingerprint density at radius 2 is 2.14 bits per heavy atom. The molecule has 0 radical (unpaired) electrons. The predicted octanol–water partition coefficient (Wildman–Crippen LogP) is 0.949. The van der Waals surface area contributed by atoms with Crippen LogP contribution in [0.5, 0.6) is 0 Å². The van der Waals surface area contributed by atoms with E-state index in [0.717, 1.165) is 0 Å². The second-order valence-corrected chi connectivity index (χ2v) is 5.83. The highest BCUT2D eigenvalue weighted by atomic mass is 16.6. The quantitative estimate of drug-likeness (QED) is 0.553. The van der Waals surface area contributed by atoms with Crippen molar-refractivity contribution in [3.05, 3.63) is 12.2 Å². The van der Waals surface area contributed by atoms with E-state index in [1.807, 2.05) is 6.92 Å². The fraction of sp³-hybridized carbons (Fsp3) is 0.733. The first kappa shape index (κ1) is 17.7. The zero-order valence-corrected chi connectivity index (χ0v) is 12.7. The lowest BCUT2D eigenvalue weighted by Crippen LogP contribution is -2.42. The summed E-state index contributed by atoms with van der Waals surface area (Å²) >= 11 is 0. The summed E-state index contributed by atoms with van der Waals surface area (Å²) in [7, 11) is 0. The second-order valence-electron chi connectivity index (χ2n) is 5.83. The van der Waals surface area contributed by atoms with Gasteiger partial charge in [0.25, 0.3) is 0 Å². The Balaban J connectivity index is 2.92. The van der Waals surface area contributed by atoms with E-state index < -0.39 is 29.7 Å². The molecule has 120 valence electrons. The molecule has 0 bridgehead atoms. The fourth-order valence-corrected chi connectivity index (χ4v) is 2.08. The Hall–Kier alpha value is -1.40. The summed E-state index contributed by atoms with van der Waals surface area (Å²) in [5.41, 5.74) is -1.31. The maximum atomic E-state index is 11.5. The predicted molar refractivity (Wildman–Crippen MR) is 75.3 cm³/mol. The monoisotopic (exact) mass is 300 g/mol. The minimum absolute atomic E-state index is 0.0839. The van der Waals surface area contributed by atoms with Gasteiger partial charge in [0.2, 0.25) is 0 Å². The first-order valence-corrected chi connectivity index (χ1v) is 7.12. The molecule has 1 heterocycles. The average Bonchev–Trinajstić information content (AvgIpc) is 2.37. The van der Waals surface area contributed by atoms with Gasteiger partial charge in [0, 0.05) is 12.8 Å². The highest BCUT2D eigenvalue weighted by Gasteiger charge is 2.33. The van der Waals surface area contributed by atoms with Crippen LogP contribution in [0.25, 0.3) is 0 Å². The van der Waals surface area contributed by atoms with Gasteiger partial charge in [-0.1, -0.05) is 13.0 Å². The van der Waals surface area contributed by atoms with Crippen LogP contribution < -0.4 is 0 Å². The van der Waals surface area contributed by atoms with Gasteiger partial charge in [0.15, 0.2) is 0 Å². The third kappa shape index (κ3) is 6.27. The van der Waals surface area contributed by atoms with Crippen LogP contribution >= 0.6 is 0 Å². The summed E-state index contributed by atoms with van der Waals surface area (Å²) in [6.07, 6.45) is 1.95. The second kappa shape index (κ2) is 7.56.